The van der Waals surface area contributed by atoms with E-state index in [1.807, 2.05) is 30.3 Å². The standard InChI is InChI=1S/C22H26N4/c1-3-17(2)24-22-25-20(19-12-8-5-9-13-19)16-21(26-22)23-15-14-18-10-6-4-7-11-18/h4-13,16-17H,3,14-15H2,1-2H3,(H2,23,24,25,26)/t17-/m1/s1. The van der Waals surface area contributed by atoms with Crippen LogP contribution in [0.15, 0.2) is 66.7 Å². The van der Waals surface area contributed by atoms with Crippen LogP contribution in [-0.4, -0.2) is 22.6 Å². The van der Waals surface area contributed by atoms with Crippen molar-refractivity contribution in [1.29, 1.82) is 0 Å². The Bertz CT molecular complexity index is 803. The van der Waals surface area contributed by atoms with Crippen LogP contribution in [0.1, 0.15) is 25.8 Å². The molecule has 4 heteroatoms. The molecule has 3 rings (SSSR count). The smallest absolute Gasteiger partial charge is 0.225 e. The predicted molar refractivity (Wildman–Crippen MR) is 109 cm³/mol. The number of benzene rings is 2. The second-order valence-corrected chi connectivity index (χ2v) is 6.44. The van der Waals surface area contributed by atoms with Gasteiger partial charge in [-0.05, 0) is 25.3 Å². The van der Waals surface area contributed by atoms with Crippen LogP contribution in [0, 0.1) is 0 Å². The topological polar surface area (TPSA) is 49.8 Å². The van der Waals surface area contributed by atoms with Crippen molar-refractivity contribution in [2.24, 2.45) is 0 Å². The van der Waals surface area contributed by atoms with E-state index >= 15 is 0 Å². The molecule has 0 unspecified atom stereocenters. The van der Waals surface area contributed by atoms with Gasteiger partial charge in [-0.2, -0.15) is 4.98 Å². The Balaban J connectivity index is 1.77. The van der Waals surface area contributed by atoms with Gasteiger partial charge in [-0.25, -0.2) is 4.98 Å². The molecule has 3 aromatic rings. The summed E-state index contributed by atoms with van der Waals surface area (Å²) in [5.41, 5.74) is 3.33. The lowest BCUT2D eigenvalue weighted by Gasteiger charge is -2.14. The van der Waals surface area contributed by atoms with Gasteiger partial charge >= 0.3 is 0 Å². The monoisotopic (exact) mass is 346 g/mol. The van der Waals surface area contributed by atoms with Crippen molar-refractivity contribution < 1.29 is 0 Å². The Morgan fingerprint density at radius 1 is 0.923 bits per heavy atom. The number of hydrogen-bond donors (Lipinski definition) is 2. The molecule has 0 spiro atoms. The van der Waals surface area contributed by atoms with Crippen LogP contribution in [-0.2, 0) is 6.42 Å². The summed E-state index contributed by atoms with van der Waals surface area (Å²) in [5.74, 6) is 1.52. The van der Waals surface area contributed by atoms with Crippen molar-refractivity contribution in [3.8, 4) is 11.3 Å². The molecular weight excluding hydrogens is 320 g/mol. The molecule has 0 aliphatic heterocycles. The maximum Gasteiger partial charge on any atom is 0.225 e. The molecule has 0 saturated carbocycles. The molecule has 0 bridgehead atoms. The third-order valence-corrected chi connectivity index (χ3v) is 4.35. The fourth-order valence-electron chi connectivity index (χ4n) is 2.66. The van der Waals surface area contributed by atoms with E-state index in [1.165, 1.54) is 5.56 Å². The zero-order valence-corrected chi connectivity index (χ0v) is 15.4. The minimum atomic E-state index is 0.332. The van der Waals surface area contributed by atoms with Crippen LogP contribution in [0.25, 0.3) is 11.3 Å². The third-order valence-electron chi connectivity index (χ3n) is 4.35. The van der Waals surface area contributed by atoms with Crippen LogP contribution in [0.5, 0.6) is 0 Å². The normalized spacial score (nSPS) is 11.8. The highest BCUT2D eigenvalue weighted by Gasteiger charge is 2.08. The lowest BCUT2D eigenvalue weighted by molar-refractivity contribution is 0.753. The quantitative estimate of drug-likeness (QED) is 0.602. The highest BCUT2D eigenvalue weighted by atomic mass is 15.2. The second-order valence-electron chi connectivity index (χ2n) is 6.44. The van der Waals surface area contributed by atoms with Gasteiger partial charge in [0.15, 0.2) is 0 Å². The molecule has 134 valence electrons. The summed E-state index contributed by atoms with van der Waals surface area (Å²) < 4.78 is 0. The molecule has 26 heavy (non-hydrogen) atoms. The number of anilines is 2. The van der Waals surface area contributed by atoms with Crippen molar-refractivity contribution in [2.75, 3.05) is 17.2 Å². The first kappa shape index (κ1) is 17.9. The molecule has 0 amide bonds. The summed E-state index contributed by atoms with van der Waals surface area (Å²) in [6, 6.07) is 23.0. The van der Waals surface area contributed by atoms with Crippen LogP contribution in [0.2, 0.25) is 0 Å². The van der Waals surface area contributed by atoms with E-state index < -0.39 is 0 Å². The van der Waals surface area contributed by atoms with E-state index in [4.69, 9.17) is 4.98 Å². The zero-order chi connectivity index (χ0) is 18.2. The van der Waals surface area contributed by atoms with Crippen molar-refractivity contribution in [3.63, 3.8) is 0 Å². The Morgan fingerprint density at radius 2 is 1.62 bits per heavy atom. The van der Waals surface area contributed by atoms with Gasteiger partial charge in [0.05, 0.1) is 5.69 Å². The van der Waals surface area contributed by atoms with Gasteiger partial charge in [-0.3, -0.25) is 0 Å². The highest BCUT2D eigenvalue weighted by Crippen LogP contribution is 2.21. The number of nitrogens with one attached hydrogen (secondary N) is 2. The molecule has 0 radical (unpaired) electrons. The number of hydrogen-bond acceptors (Lipinski definition) is 4. The minimum absolute atomic E-state index is 0.332. The molecule has 2 N–H and O–H groups in total. The van der Waals surface area contributed by atoms with Gasteiger partial charge < -0.3 is 10.6 Å². The lowest BCUT2D eigenvalue weighted by atomic mass is 10.1. The van der Waals surface area contributed by atoms with Crippen LogP contribution >= 0.6 is 0 Å². The molecule has 0 fully saturated rings. The van der Waals surface area contributed by atoms with Crippen molar-refractivity contribution >= 4 is 11.8 Å². The average Bonchev–Trinajstić information content (AvgIpc) is 2.69. The summed E-state index contributed by atoms with van der Waals surface area (Å²) in [4.78, 5) is 9.34. The lowest BCUT2D eigenvalue weighted by Crippen LogP contribution is -2.17. The minimum Gasteiger partial charge on any atom is -0.370 e. The molecule has 1 heterocycles. The van der Waals surface area contributed by atoms with E-state index in [1.54, 1.807) is 0 Å². The Labute approximate surface area is 155 Å². The Hall–Kier alpha value is -2.88. The maximum atomic E-state index is 4.70. The first-order valence-corrected chi connectivity index (χ1v) is 9.23. The van der Waals surface area contributed by atoms with Crippen LogP contribution in [0.4, 0.5) is 11.8 Å². The van der Waals surface area contributed by atoms with E-state index in [0.717, 1.165) is 36.5 Å². The summed E-state index contributed by atoms with van der Waals surface area (Å²) >= 11 is 0. The SMILES string of the molecule is CC[C@@H](C)Nc1nc(NCCc2ccccc2)cc(-c2ccccc2)n1. The molecule has 0 aliphatic carbocycles. The summed E-state index contributed by atoms with van der Waals surface area (Å²) in [6.07, 6.45) is 1.98. The Kier molecular flexibility index (Phi) is 6.20. The van der Waals surface area contributed by atoms with Crippen molar-refractivity contribution in [2.45, 2.75) is 32.7 Å². The largest absolute Gasteiger partial charge is 0.370 e. The maximum absolute atomic E-state index is 4.70. The predicted octanol–water partition coefficient (Wildman–Crippen LogP) is 5.01. The first-order valence-electron chi connectivity index (χ1n) is 9.23. The fraction of sp³-hybridized carbons (Fsp3) is 0.273. The van der Waals surface area contributed by atoms with Gasteiger partial charge in [0, 0.05) is 24.2 Å². The highest BCUT2D eigenvalue weighted by molar-refractivity contribution is 5.64. The van der Waals surface area contributed by atoms with Crippen LogP contribution in [0.3, 0.4) is 0 Å². The molecule has 4 nitrogen and oxygen atoms in total. The van der Waals surface area contributed by atoms with Gasteiger partial charge in [-0.1, -0.05) is 67.6 Å². The molecule has 2 aromatic carbocycles. The zero-order valence-electron chi connectivity index (χ0n) is 15.4. The molecule has 1 aromatic heterocycles. The Morgan fingerprint density at radius 3 is 2.31 bits per heavy atom. The van der Waals surface area contributed by atoms with E-state index in [-0.39, 0.29) is 0 Å². The summed E-state index contributed by atoms with van der Waals surface area (Å²) in [6.45, 7) is 5.12. The van der Waals surface area contributed by atoms with Crippen molar-refractivity contribution in [3.05, 3.63) is 72.3 Å². The molecule has 0 saturated heterocycles. The van der Waals surface area contributed by atoms with Crippen LogP contribution < -0.4 is 10.6 Å². The van der Waals surface area contributed by atoms with E-state index in [2.05, 4.69) is 65.9 Å². The van der Waals surface area contributed by atoms with E-state index in [9.17, 15) is 0 Å². The van der Waals surface area contributed by atoms with Gasteiger partial charge in [-0.15, -0.1) is 0 Å². The first-order chi connectivity index (χ1) is 12.7. The molecular formula is C22H26N4. The fourth-order valence-corrected chi connectivity index (χ4v) is 2.66. The number of aromatic nitrogens is 2. The van der Waals surface area contributed by atoms with Gasteiger partial charge in [0.1, 0.15) is 5.82 Å². The molecule has 0 aliphatic rings. The van der Waals surface area contributed by atoms with Gasteiger partial charge in [0.25, 0.3) is 0 Å². The van der Waals surface area contributed by atoms with Gasteiger partial charge in [0.2, 0.25) is 5.95 Å². The summed E-state index contributed by atoms with van der Waals surface area (Å²) in [5, 5.41) is 6.83. The summed E-state index contributed by atoms with van der Waals surface area (Å²) in [7, 11) is 0. The third kappa shape index (κ3) is 5.06. The number of nitrogens with zero attached hydrogens (tertiary/aromatic N) is 2. The molecule has 1 atom stereocenters. The van der Waals surface area contributed by atoms with E-state index in [0.29, 0.717) is 12.0 Å². The number of rotatable bonds is 8. The second kappa shape index (κ2) is 8.99. The average molecular weight is 346 g/mol. The van der Waals surface area contributed by atoms with Crippen molar-refractivity contribution in [1.82, 2.24) is 9.97 Å².